The zero-order valence-electron chi connectivity index (χ0n) is 30.4. The van der Waals surface area contributed by atoms with Gasteiger partial charge in [0.15, 0.2) is 17.5 Å². The first-order chi connectivity index (χ1) is 28.3. The van der Waals surface area contributed by atoms with Crippen molar-refractivity contribution in [1.29, 1.82) is 0 Å². The lowest BCUT2D eigenvalue weighted by Crippen LogP contribution is -2.00. The molecule has 0 saturated heterocycles. The van der Waals surface area contributed by atoms with Crippen LogP contribution in [0.4, 0.5) is 0 Å². The van der Waals surface area contributed by atoms with E-state index in [1.165, 1.54) is 0 Å². The van der Waals surface area contributed by atoms with Gasteiger partial charge in [0.05, 0.1) is 22.1 Å². The fourth-order valence-electron chi connectivity index (χ4n) is 8.53. The van der Waals surface area contributed by atoms with Gasteiger partial charge >= 0.3 is 0 Å². The summed E-state index contributed by atoms with van der Waals surface area (Å²) in [5, 5.41) is 6.40. The molecule has 0 bridgehead atoms. The maximum atomic E-state index is 6.68. The summed E-state index contributed by atoms with van der Waals surface area (Å²) in [5.41, 5.74) is 11.5. The Kier molecular flexibility index (Phi) is 6.83. The Morgan fingerprint density at radius 1 is 0.351 bits per heavy atom. The Balaban J connectivity index is 1.08. The minimum Gasteiger partial charge on any atom is -0.456 e. The first-order valence-electron chi connectivity index (χ1n) is 19.0. The molecule has 0 unspecified atom stereocenters. The van der Waals surface area contributed by atoms with Crippen molar-refractivity contribution in [3.05, 3.63) is 182 Å². The molecule has 12 aromatic rings. The fourth-order valence-corrected chi connectivity index (χ4v) is 8.53. The molecule has 6 nitrogen and oxygen atoms in total. The van der Waals surface area contributed by atoms with Gasteiger partial charge < -0.3 is 13.4 Å². The molecule has 0 N–H and O–H groups in total. The topological polar surface area (TPSA) is 69.9 Å². The number of hydrogen-bond acceptors (Lipinski definition) is 5. The minimum atomic E-state index is 0.590. The van der Waals surface area contributed by atoms with Gasteiger partial charge in [0.2, 0.25) is 0 Å². The normalized spacial score (nSPS) is 11.9. The van der Waals surface area contributed by atoms with Crippen LogP contribution in [0.3, 0.4) is 0 Å². The van der Waals surface area contributed by atoms with E-state index in [1.54, 1.807) is 0 Å². The van der Waals surface area contributed by atoms with Crippen LogP contribution in [0.2, 0.25) is 0 Å². The SMILES string of the molecule is c1ccc(-c2nc(-c3ccc4c(c3)c3ccccc3n4-c3cccc4oc5c(-c6ccccc6)cccc5c34)nc(-c3cccc4oc5ccccc5c34)n2)cc1. The minimum absolute atomic E-state index is 0.590. The van der Waals surface area contributed by atoms with Crippen LogP contribution in [-0.2, 0) is 0 Å². The number of rotatable bonds is 5. The standard InChI is InChI=1S/C51H30N4O2/c1-3-14-31(15-4-1)34-20-11-21-37-47-42(24-13-27-45(47)57-48(34)37)55-40-23-9-7-18-35(40)39-30-33(28-29-41(39)55)50-52-49(32-16-5-2-6-17-32)53-51(54-50)38-22-12-26-44-46(38)36-19-8-10-25-43(36)56-44/h1-30H. The molecular weight excluding hydrogens is 701 g/mol. The van der Waals surface area contributed by atoms with E-state index in [0.29, 0.717) is 17.5 Å². The van der Waals surface area contributed by atoms with Gasteiger partial charge in [-0.05, 0) is 54.1 Å². The van der Waals surface area contributed by atoms with Crippen molar-refractivity contribution in [3.63, 3.8) is 0 Å². The average molecular weight is 731 g/mol. The fraction of sp³-hybridized carbons (Fsp3) is 0. The Morgan fingerprint density at radius 3 is 1.79 bits per heavy atom. The van der Waals surface area contributed by atoms with Crippen molar-refractivity contribution < 1.29 is 8.83 Å². The molecular formula is C51H30N4O2. The molecule has 0 saturated carbocycles. The molecule has 0 aliphatic heterocycles. The Bertz CT molecular complexity index is 3530. The van der Waals surface area contributed by atoms with Crippen molar-refractivity contribution in [2.24, 2.45) is 0 Å². The van der Waals surface area contributed by atoms with E-state index in [9.17, 15) is 0 Å². The second-order valence-electron chi connectivity index (χ2n) is 14.3. The summed E-state index contributed by atoms with van der Waals surface area (Å²) in [5.74, 6) is 1.79. The second-order valence-corrected chi connectivity index (χ2v) is 14.3. The largest absolute Gasteiger partial charge is 0.456 e. The molecule has 0 aliphatic carbocycles. The third-order valence-electron chi connectivity index (χ3n) is 11.1. The smallest absolute Gasteiger partial charge is 0.164 e. The third-order valence-corrected chi connectivity index (χ3v) is 11.1. The number of furan rings is 2. The van der Waals surface area contributed by atoms with Crippen molar-refractivity contribution in [3.8, 4) is 51.0 Å². The van der Waals surface area contributed by atoms with Crippen LogP contribution in [-0.4, -0.2) is 19.5 Å². The lowest BCUT2D eigenvalue weighted by atomic mass is 10.0. The zero-order chi connectivity index (χ0) is 37.5. The maximum Gasteiger partial charge on any atom is 0.164 e. The molecule has 0 spiro atoms. The highest BCUT2D eigenvalue weighted by Crippen LogP contribution is 2.42. The summed E-state index contributed by atoms with van der Waals surface area (Å²) >= 11 is 0. The molecule has 0 amide bonds. The highest BCUT2D eigenvalue weighted by Gasteiger charge is 2.22. The van der Waals surface area contributed by atoms with Gasteiger partial charge in [0.25, 0.3) is 0 Å². The van der Waals surface area contributed by atoms with Crippen LogP contribution in [0.15, 0.2) is 191 Å². The first-order valence-corrected chi connectivity index (χ1v) is 19.0. The van der Waals surface area contributed by atoms with Crippen molar-refractivity contribution in [2.75, 3.05) is 0 Å². The van der Waals surface area contributed by atoms with E-state index < -0.39 is 0 Å². The van der Waals surface area contributed by atoms with Crippen molar-refractivity contribution in [2.45, 2.75) is 0 Å². The summed E-state index contributed by atoms with van der Waals surface area (Å²) in [7, 11) is 0. The quantitative estimate of drug-likeness (QED) is 0.176. The number of nitrogens with zero attached hydrogens (tertiary/aromatic N) is 4. The van der Waals surface area contributed by atoms with Gasteiger partial charge in [-0.15, -0.1) is 0 Å². The van der Waals surface area contributed by atoms with E-state index in [0.717, 1.165) is 99.2 Å². The van der Waals surface area contributed by atoms with E-state index in [-0.39, 0.29) is 0 Å². The first kappa shape index (κ1) is 31.5. The molecule has 0 aliphatic rings. The van der Waals surface area contributed by atoms with Crippen LogP contribution in [0.5, 0.6) is 0 Å². The summed E-state index contributed by atoms with van der Waals surface area (Å²) in [6, 6.07) is 62.6. The molecule has 0 radical (unpaired) electrons. The van der Waals surface area contributed by atoms with Crippen molar-refractivity contribution in [1.82, 2.24) is 19.5 Å². The molecule has 57 heavy (non-hydrogen) atoms. The maximum absolute atomic E-state index is 6.68. The van der Waals surface area contributed by atoms with E-state index in [4.69, 9.17) is 23.8 Å². The van der Waals surface area contributed by atoms with E-state index in [2.05, 4.69) is 120 Å². The van der Waals surface area contributed by atoms with E-state index >= 15 is 0 Å². The van der Waals surface area contributed by atoms with Gasteiger partial charge in [-0.2, -0.15) is 0 Å². The predicted molar refractivity (Wildman–Crippen MR) is 230 cm³/mol. The van der Waals surface area contributed by atoms with Crippen LogP contribution in [0.1, 0.15) is 0 Å². The van der Waals surface area contributed by atoms with Crippen LogP contribution >= 0.6 is 0 Å². The van der Waals surface area contributed by atoms with Gasteiger partial charge in [0, 0.05) is 49.2 Å². The number of fused-ring (bicyclic) bond motifs is 9. The molecule has 0 fully saturated rings. The second kappa shape index (κ2) is 12.3. The monoisotopic (exact) mass is 730 g/mol. The Hall–Kier alpha value is -7.83. The van der Waals surface area contributed by atoms with Crippen LogP contribution < -0.4 is 0 Å². The third kappa shape index (κ3) is 4.87. The number of hydrogen-bond donors (Lipinski definition) is 0. The average Bonchev–Trinajstić information content (AvgIpc) is 3.96. The Morgan fingerprint density at radius 2 is 0.947 bits per heavy atom. The van der Waals surface area contributed by atoms with Gasteiger partial charge in [-0.25, -0.2) is 15.0 Å². The molecule has 8 aromatic carbocycles. The highest BCUT2D eigenvalue weighted by molar-refractivity contribution is 6.17. The lowest BCUT2D eigenvalue weighted by molar-refractivity contribution is 0.669. The zero-order valence-corrected chi connectivity index (χ0v) is 30.4. The van der Waals surface area contributed by atoms with Gasteiger partial charge in [-0.1, -0.05) is 133 Å². The predicted octanol–water partition coefficient (Wildman–Crippen LogP) is 13.4. The van der Waals surface area contributed by atoms with E-state index in [1.807, 2.05) is 66.7 Å². The summed E-state index contributed by atoms with van der Waals surface area (Å²) in [6.45, 7) is 0. The molecule has 6 heteroatoms. The highest BCUT2D eigenvalue weighted by atomic mass is 16.3. The molecule has 266 valence electrons. The van der Waals surface area contributed by atoms with Crippen LogP contribution in [0, 0.1) is 0 Å². The molecule has 12 rings (SSSR count). The van der Waals surface area contributed by atoms with Gasteiger partial charge in [0.1, 0.15) is 22.3 Å². The summed E-state index contributed by atoms with van der Waals surface area (Å²) in [4.78, 5) is 15.4. The Labute approximate surface area is 325 Å². The van der Waals surface area contributed by atoms with Crippen molar-refractivity contribution >= 4 is 65.7 Å². The lowest BCUT2D eigenvalue weighted by Gasteiger charge is -2.11. The molecule has 4 aromatic heterocycles. The number of para-hydroxylation sites is 3. The van der Waals surface area contributed by atoms with Crippen LogP contribution in [0.25, 0.3) is 117 Å². The number of benzene rings is 8. The summed E-state index contributed by atoms with van der Waals surface area (Å²) < 4.78 is 15.3. The molecule has 0 atom stereocenters. The van der Waals surface area contributed by atoms with Gasteiger partial charge in [-0.3, -0.25) is 0 Å². The summed E-state index contributed by atoms with van der Waals surface area (Å²) in [6.07, 6.45) is 0. The molecule has 4 heterocycles. The number of aromatic nitrogens is 4.